The van der Waals surface area contributed by atoms with E-state index in [0.717, 1.165) is 25.6 Å². The Morgan fingerprint density at radius 3 is 2.72 bits per heavy atom. The normalized spacial score (nSPS) is 25.1. The Bertz CT molecular complexity index is 294. The van der Waals surface area contributed by atoms with E-state index in [9.17, 15) is 0 Å². The molecule has 2 rings (SSSR count). The summed E-state index contributed by atoms with van der Waals surface area (Å²) in [5.74, 6) is 1.42. The molecule has 1 saturated heterocycles. The Kier molecular flexibility index (Phi) is 4.49. The van der Waals surface area contributed by atoms with Crippen molar-refractivity contribution in [2.45, 2.75) is 51.5 Å². The fourth-order valence-electron chi connectivity index (χ4n) is 2.86. The van der Waals surface area contributed by atoms with Crippen LogP contribution in [0.15, 0.2) is 4.99 Å². The summed E-state index contributed by atoms with van der Waals surface area (Å²) in [6.45, 7) is 8.75. The van der Waals surface area contributed by atoms with E-state index in [2.05, 4.69) is 29.1 Å². The zero-order chi connectivity index (χ0) is 13.0. The lowest BCUT2D eigenvalue weighted by molar-refractivity contribution is 0.178. The molecule has 104 valence electrons. The predicted molar refractivity (Wildman–Crippen MR) is 76.7 cm³/mol. The second-order valence-electron chi connectivity index (χ2n) is 6.35. The van der Waals surface area contributed by atoms with Gasteiger partial charge in [-0.25, -0.2) is 0 Å². The highest BCUT2D eigenvalue weighted by Gasteiger charge is 2.30. The van der Waals surface area contributed by atoms with Gasteiger partial charge in [-0.15, -0.1) is 0 Å². The maximum atomic E-state index is 5.87. The number of nitrogens with zero attached hydrogens (tertiary/aromatic N) is 2. The zero-order valence-electron chi connectivity index (χ0n) is 11.9. The number of hydrogen-bond donors (Lipinski definition) is 2. The Hall–Kier alpha value is -0.770. The Morgan fingerprint density at radius 2 is 2.17 bits per heavy atom. The standard InChI is InChI=1S/C14H28N4/c1-14(2)7-4-9-18(14)10-8-16-13(15)17-11-12-5-3-6-12/h12H,3-11H2,1-2H3,(H3,15,16,17). The molecule has 2 aliphatic rings. The molecule has 1 aliphatic heterocycles. The molecule has 3 N–H and O–H groups in total. The largest absolute Gasteiger partial charge is 0.370 e. The van der Waals surface area contributed by atoms with Gasteiger partial charge in [0.2, 0.25) is 0 Å². The number of nitrogens with two attached hydrogens (primary N) is 1. The quantitative estimate of drug-likeness (QED) is 0.577. The third kappa shape index (κ3) is 3.61. The first-order chi connectivity index (χ1) is 8.58. The summed E-state index contributed by atoms with van der Waals surface area (Å²) >= 11 is 0. The SMILES string of the molecule is CC1(C)CCCN1CCNC(N)=NCC1CCC1. The van der Waals surface area contributed by atoms with Gasteiger partial charge in [0.05, 0.1) is 0 Å². The second-order valence-corrected chi connectivity index (χ2v) is 6.35. The molecule has 1 heterocycles. The van der Waals surface area contributed by atoms with E-state index >= 15 is 0 Å². The maximum Gasteiger partial charge on any atom is 0.188 e. The number of hydrogen-bond acceptors (Lipinski definition) is 2. The first-order valence-corrected chi connectivity index (χ1v) is 7.37. The van der Waals surface area contributed by atoms with E-state index in [1.165, 1.54) is 38.6 Å². The van der Waals surface area contributed by atoms with Crippen molar-refractivity contribution in [2.75, 3.05) is 26.2 Å². The first-order valence-electron chi connectivity index (χ1n) is 7.37. The lowest BCUT2D eigenvalue weighted by Gasteiger charge is -2.31. The number of aliphatic imine (C=N–C) groups is 1. The highest BCUT2D eigenvalue weighted by Crippen LogP contribution is 2.27. The van der Waals surface area contributed by atoms with Crippen LogP contribution >= 0.6 is 0 Å². The lowest BCUT2D eigenvalue weighted by atomic mass is 9.86. The van der Waals surface area contributed by atoms with Crippen LogP contribution in [0, 0.1) is 5.92 Å². The van der Waals surface area contributed by atoms with Crippen LogP contribution in [0.5, 0.6) is 0 Å². The van der Waals surface area contributed by atoms with Crippen LogP contribution in [-0.4, -0.2) is 42.6 Å². The number of guanidine groups is 1. The van der Waals surface area contributed by atoms with Crippen molar-refractivity contribution >= 4 is 5.96 Å². The molecule has 0 spiro atoms. The molecule has 4 heteroatoms. The van der Waals surface area contributed by atoms with Gasteiger partial charge in [0.1, 0.15) is 0 Å². The van der Waals surface area contributed by atoms with Gasteiger partial charge in [-0.3, -0.25) is 9.89 Å². The third-order valence-corrected chi connectivity index (χ3v) is 4.51. The minimum absolute atomic E-state index is 0.361. The van der Waals surface area contributed by atoms with Gasteiger partial charge in [-0.05, 0) is 52.0 Å². The predicted octanol–water partition coefficient (Wildman–Crippen LogP) is 1.57. The molecule has 0 radical (unpaired) electrons. The van der Waals surface area contributed by atoms with Gasteiger partial charge in [0.25, 0.3) is 0 Å². The molecule has 18 heavy (non-hydrogen) atoms. The second kappa shape index (κ2) is 5.91. The van der Waals surface area contributed by atoms with Crippen LogP contribution in [0.3, 0.4) is 0 Å². The minimum Gasteiger partial charge on any atom is -0.370 e. The van der Waals surface area contributed by atoms with Crippen LogP contribution < -0.4 is 11.1 Å². The molecule has 0 amide bonds. The van der Waals surface area contributed by atoms with Crippen molar-refractivity contribution < 1.29 is 0 Å². The highest BCUT2D eigenvalue weighted by atomic mass is 15.2. The third-order valence-electron chi connectivity index (χ3n) is 4.51. The first kappa shape index (κ1) is 13.7. The molecule has 0 atom stereocenters. The molecule has 0 bridgehead atoms. The summed E-state index contributed by atoms with van der Waals surface area (Å²) < 4.78 is 0. The Balaban J connectivity index is 1.62. The van der Waals surface area contributed by atoms with E-state index in [1.54, 1.807) is 0 Å². The van der Waals surface area contributed by atoms with Crippen LogP contribution in [0.25, 0.3) is 0 Å². The molecule has 0 aromatic rings. The minimum atomic E-state index is 0.361. The van der Waals surface area contributed by atoms with Crippen molar-refractivity contribution in [3.8, 4) is 0 Å². The van der Waals surface area contributed by atoms with Gasteiger partial charge in [-0.1, -0.05) is 6.42 Å². The topological polar surface area (TPSA) is 53.6 Å². The smallest absolute Gasteiger partial charge is 0.188 e. The van der Waals surface area contributed by atoms with E-state index in [4.69, 9.17) is 5.73 Å². The average molecular weight is 252 g/mol. The lowest BCUT2D eigenvalue weighted by Crippen LogP contribution is -2.44. The summed E-state index contributed by atoms with van der Waals surface area (Å²) in [6, 6.07) is 0. The average Bonchev–Trinajstić information content (AvgIpc) is 2.56. The molecule has 1 saturated carbocycles. The zero-order valence-corrected chi connectivity index (χ0v) is 11.9. The monoisotopic (exact) mass is 252 g/mol. The van der Waals surface area contributed by atoms with E-state index < -0.39 is 0 Å². The summed E-state index contributed by atoms with van der Waals surface area (Å²) in [5.41, 5.74) is 6.23. The summed E-state index contributed by atoms with van der Waals surface area (Å²) in [5, 5.41) is 3.24. The van der Waals surface area contributed by atoms with Gasteiger partial charge in [0.15, 0.2) is 5.96 Å². The van der Waals surface area contributed by atoms with Gasteiger partial charge < -0.3 is 11.1 Å². The molecular formula is C14H28N4. The molecule has 2 fully saturated rings. The fourth-order valence-corrected chi connectivity index (χ4v) is 2.86. The molecule has 1 aliphatic carbocycles. The van der Waals surface area contributed by atoms with Gasteiger partial charge >= 0.3 is 0 Å². The molecule has 0 aromatic carbocycles. The Labute approximate surface area is 111 Å². The maximum absolute atomic E-state index is 5.87. The molecular weight excluding hydrogens is 224 g/mol. The van der Waals surface area contributed by atoms with Crippen LogP contribution in [0.2, 0.25) is 0 Å². The van der Waals surface area contributed by atoms with E-state index in [1.807, 2.05) is 0 Å². The van der Waals surface area contributed by atoms with Crippen molar-refractivity contribution in [1.82, 2.24) is 10.2 Å². The van der Waals surface area contributed by atoms with E-state index in [-0.39, 0.29) is 0 Å². The summed E-state index contributed by atoms with van der Waals surface area (Å²) in [6.07, 6.45) is 6.66. The van der Waals surface area contributed by atoms with Crippen molar-refractivity contribution in [2.24, 2.45) is 16.6 Å². The summed E-state index contributed by atoms with van der Waals surface area (Å²) in [4.78, 5) is 6.95. The number of likely N-dealkylation sites (tertiary alicyclic amines) is 1. The van der Waals surface area contributed by atoms with Crippen LogP contribution in [0.1, 0.15) is 46.0 Å². The van der Waals surface area contributed by atoms with Crippen LogP contribution in [-0.2, 0) is 0 Å². The van der Waals surface area contributed by atoms with Gasteiger partial charge in [-0.2, -0.15) is 0 Å². The van der Waals surface area contributed by atoms with Crippen molar-refractivity contribution in [1.29, 1.82) is 0 Å². The fraction of sp³-hybridized carbons (Fsp3) is 0.929. The number of rotatable bonds is 5. The highest BCUT2D eigenvalue weighted by molar-refractivity contribution is 5.77. The molecule has 0 aromatic heterocycles. The van der Waals surface area contributed by atoms with Gasteiger partial charge in [0, 0.05) is 25.2 Å². The van der Waals surface area contributed by atoms with Crippen LogP contribution in [0.4, 0.5) is 0 Å². The molecule has 0 unspecified atom stereocenters. The van der Waals surface area contributed by atoms with Crippen molar-refractivity contribution in [3.63, 3.8) is 0 Å². The number of nitrogens with one attached hydrogen (secondary N) is 1. The van der Waals surface area contributed by atoms with Crippen molar-refractivity contribution in [3.05, 3.63) is 0 Å². The summed E-state index contributed by atoms with van der Waals surface area (Å²) in [7, 11) is 0. The Morgan fingerprint density at radius 1 is 1.39 bits per heavy atom. The van der Waals surface area contributed by atoms with E-state index in [0.29, 0.717) is 11.5 Å². The molecule has 4 nitrogen and oxygen atoms in total.